The maximum absolute atomic E-state index is 8.61. The second-order valence-electron chi connectivity index (χ2n) is 3.00. The van der Waals surface area contributed by atoms with Crippen LogP contribution >= 0.6 is 0 Å². The lowest BCUT2D eigenvalue weighted by molar-refractivity contribution is 0.283. The monoisotopic (exact) mass is 184 g/mol. The van der Waals surface area contributed by atoms with E-state index in [4.69, 9.17) is 9.52 Å². The Morgan fingerprint density at radius 1 is 1.69 bits per heavy atom. The highest BCUT2D eigenvalue weighted by atomic mass is 16.3. The number of aromatic nitrogens is 1. The zero-order chi connectivity index (χ0) is 9.68. The van der Waals surface area contributed by atoms with Crippen LogP contribution < -0.4 is 5.32 Å². The third kappa shape index (κ3) is 2.82. The van der Waals surface area contributed by atoms with Crippen LogP contribution in [0.5, 0.6) is 0 Å². The second kappa shape index (κ2) is 4.99. The van der Waals surface area contributed by atoms with E-state index in [-0.39, 0.29) is 12.6 Å². The van der Waals surface area contributed by atoms with Crippen LogP contribution in [0.2, 0.25) is 0 Å². The Morgan fingerprint density at radius 3 is 3.08 bits per heavy atom. The fraction of sp³-hybridized carbons (Fsp3) is 0.667. The van der Waals surface area contributed by atoms with E-state index in [0.717, 1.165) is 5.69 Å². The molecule has 1 aromatic rings. The zero-order valence-corrected chi connectivity index (χ0v) is 8.08. The summed E-state index contributed by atoms with van der Waals surface area (Å²) in [4.78, 5) is 4.28. The molecule has 1 aromatic heterocycles. The van der Waals surface area contributed by atoms with Gasteiger partial charge in [-0.25, -0.2) is 4.98 Å². The Hall–Kier alpha value is -0.870. The van der Waals surface area contributed by atoms with Crippen molar-refractivity contribution in [1.82, 2.24) is 10.3 Å². The van der Waals surface area contributed by atoms with Crippen LogP contribution in [0.3, 0.4) is 0 Å². The lowest BCUT2D eigenvalue weighted by atomic mass is 10.2. The summed E-state index contributed by atoms with van der Waals surface area (Å²) in [5.41, 5.74) is 0.912. The van der Waals surface area contributed by atoms with Crippen molar-refractivity contribution in [1.29, 1.82) is 0 Å². The molecule has 0 saturated carbocycles. The molecule has 1 heterocycles. The van der Waals surface area contributed by atoms with Crippen molar-refractivity contribution in [2.24, 2.45) is 0 Å². The van der Waals surface area contributed by atoms with Crippen molar-refractivity contribution in [3.05, 3.63) is 17.8 Å². The van der Waals surface area contributed by atoms with E-state index in [1.807, 2.05) is 14.0 Å². The molecular formula is C9H16N2O2. The van der Waals surface area contributed by atoms with Gasteiger partial charge in [-0.1, -0.05) is 0 Å². The molecule has 1 rings (SSSR count). The van der Waals surface area contributed by atoms with Crippen molar-refractivity contribution in [3.63, 3.8) is 0 Å². The number of nitrogens with zero attached hydrogens (tertiary/aromatic N) is 1. The number of aliphatic hydroxyl groups excluding tert-OH is 1. The van der Waals surface area contributed by atoms with Crippen molar-refractivity contribution >= 4 is 0 Å². The molecule has 1 unspecified atom stereocenters. The molecule has 4 nitrogen and oxygen atoms in total. The van der Waals surface area contributed by atoms with Gasteiger partial charge in [0, 0.05) is 19.1 Å². The maximum Gasteiger partial charge on any atom is 0.194 e. The van der Waals surface area contributed by atoms with Gasteiger partial charge in [0.15, 0.2) is 5.89 Å². The summed E-state index contributed by atoms with van der Waals surface area (Å²) < 4.78 is 5.23. The molecule has 0 saturated heterocycles. The second-order valence-corrected chi connectivity index (χ2v) is 3.00. The standard InChI is InChI=1S/C9H16N2O2/c1-7(10-2)8-6-13-9(11-8)4-3-5-12/h6-7,10,12H,3-5H2,1-2H3. The number of nitrogens with one attached hydrogen (secondary N) is 1. The molecule has 2 N–H and O–H groups in total. The Balaban J connectivity index is 2.53. The fourth-order valence-electron chi connectivity index (χ4n) is 1.02. The molecule has 0 spiro atoms. The summed E-state index contributed by atoms with van der Waals surface area (Å²) >= 11 is 0. The lowest BCUT2D eigenvalue weighted by Crippen LogP contribution is -2.12. The van der Waals surface area contributed by atoms with Crippen molar-refractivity contribution in [2.45, 2.75) is 25.8 Å². The first-order valence-corrected chi connectivity index (χ1v) is 4.50. The quantitative estimate of drug-likeness (QED) is 0.713. The van der Waals surface area contributed by atoms with E-state index in [9.17, 15) is 0 Å². The van der Waals surface area contributed by atoms with Gasteiger partial charge < -0.3 is 14.8 Å². The number of oxazole rings is 1. The van der Waals surface area contributed by atoms with Crippen LogP contribution in [0.15, 0.2) is 10.7 Å². The summed E-state index contributed by atoms with van der Waals surface area (Å²) in [6.45, 7) is 2.20. The van der Waals surface area contributed by atoms with Gasteiger partial charge in [-0.15, -0.1) is 0 Å². The van der Waals surface area contributed by atoms with E-state index >= 15 is 0 Å². The zero-order valence-electron chi connectivity index (χ0n) is 8.08. The summed E-state index contributed by atoms with van der Waals surface area (Å²) in [5, 5.41) is 11.7. The van der Waals surface area contributed by atoms with Crippen LogP contribution in [0, 0.1) is 0 Å². The van der Waals surface area contributed by atoms with Crippen LogP contribution in [0.4, 0.5) is 0 Å². The molecule has 13 heavy (non-hydrogen) atoms. The number of rotatable bonds is 5. The molecule has 74 valence electrons. The minimum Gasteiger partial charge on any atom is -0.449 e. The molecule has 0 amide bonds. The highest BCUT2D eigenvalue weighted by Gasteiger charge is 2.08. The van der Waals surface area contributed by atoms with Gasteiger partial charge in [-0.3, -0.25) is 0 Å². The van der Waals surface area contributed by atoms with Crippen LogP contribution in [0.1, 0.15) is 31.0 Å². The predicted molar refractivity (Wildman–Crippen MR) is 49.4 cm³/mol. The average Bonchev–Trinajstić information content (AvgIpc) is 2.62. The molecule has 0 aliphatic carbocycles. The van der Waals surface area contributed by atoms with Gasteiger partial charge in [0.1, 0.15) is 6.26 Å². The van der Waals surface area contributed by atoms with Gasteiger partial charge in [-0.05, 0) is 20.4 Å². The summed E-state index contributed by atoms with van der Waals surface area (Å²) in [6.07, 6.45) is 3.06. The molecular weight excluding hydrogens is 168 g/mol. The van der Waals surface area contributed by atoms with E-state index < -0.39 is 0 Å². The minimum absolute atomic E-state index is 0.180. The Bertz CT molecular complexity index is 248. The molecule has 0 fully saturated rings. The van der Waals surface area contributed by atoms with Crippen LogP contribution in [-0.2, 0) is 6.42 Å². The van der Waals surface area contributed by atoms with Gasteiger partial charge in [-0.2, -0.15) is 0 Å². The number of aliphatic hydroxyl groups is 1. The van der Waals surface area contributed by atoms with Gasteiger partial charge in [0.05, 0.1) is 5.69 Å². The number of hydrogen-bond acceptors (Lipinski definition) is 4. The van der Waals surface area contributed by atoms with E-state index in [2.05, 4.69) is 10.3 Å². The minimum atomic E-state index is 0.180. The van der Waals surface area contributed by atoms with Crippen LogP contribution in [0.25, 0.3) is 0 Å². The van der Waals surface area contributed by atoms with E-state index in [0.29, 0.717) is 18.7 Å². The fourth-order valence-corrected chi connectivity index (χ4v) is 1.02. The topological polar surface area (TPSA) is 58.3 Å². The maximum atomic E-state index is 8.61. The average molecular weight is 184 g/mol. The highest BCUT2D eigenvalue weighted by molar-refractivity contribution is 5.01. The van der Waals surface area contributed by atoms with Crippen molar-refractivity contribution in [3.8, 4) is 0 Å². The molecule has 0 aromatic carbocycles. The largest absolute Gasteiger partial charge is 0.449 e. The van der Waals surface area contributed by atoms with Gasteiger partial charge in [0.2, 0.25) is 0 Å². The summed E-state index contributed by atoms with van der Waals surface area (Å²) in [7, 11) is 1.88. The van der Waals surface area contributed by atoms with Crippen LogP contribution in [-0.4, -0.2) is 23.7 Å². The SMILES string of the molecule is CNC(C)c1coc(CCCO)n1. The lowest BCUT2D eigenvalue weighted by Gasteiger charge is -2.03. The third-order valence-electron chi connectivity index (χ3n) is 1.99. The molecule has 1 atom stereocenters. The Kier molecular flexibility index (Phi) is 3.92. The summed E-state index contributed by atoms with van der Waals surface area (Å²) in [6, 6.07) is 0.214. The molecule has 0 bridgehead atoms. The third-order valence-corrected chi connectivity index (χ3v) is 1.99. The van der Waals surface area contributed by atoms with Gasteiger partial charge in [0.25, 0.3) is 0 Å². The first-order chi connectivity index (χ1) is 6.27. The molecule has 0 aliphatic rings. The predicted octanol–water partition coefficient (Wildman–Crippen LogP) is 0.880. The Labute approximate surface area is 78.0 Å². The first-order valence-electron chi connectivity index (χ1n) is 4.50. The first kappa shape index (κ1) is 10.2. The Morgan fingerprint density at radius 2 is 2.46 bits per heavy atom. The molecule has 0 radical (unpaired) electrons. The number of aryl methyl sites for hydroxylation is 1. The number of hydrogen-bond donors (Lipinski definition) is 2. The molecule has 0 aliphatic heterocycles. The summed E-state index contributed by atoms with van der Waals surface area (Å²) in [5.74, 6) is 0.700. The van der Waals surface area contributed by atoms with E-state index in [1.165, 1.54) is 0 Å². The van der Waals surface area contributed by atoms with E-state index in [1.54, 1.807) is 6.26 Å². The van der Waals surface area contributed by atoms with Crippen molar-refractivity contribution in [2.75, 3.05) is 13.7 Å². The smallest absolute Gasteiger partial charge is 0.194 e. The van der Waals surface area contributed by atoms with Gasteiger partial charge >= 0.3 is 0 Å². The van der Waals surface area contributed by atoms with Crippen molar-refractivity contribution < 1.29 is 9.52 Å². The highest BCUT2D eigenvalue weighted by Crippen LogP contribution is 2.11. The molecule has 4 heteroatoms. The normalized spacial score (nSPS) is 13.2.